The summed E-state index contributed by atoms with van der Waals surface area (Å²) in [4.78, 5) is 9.54. The van der Waals surface area contributed by atoms with Crippen LogP contribution >= 0.6 is 0 Å². The second kappa shape index (κ2) is 12.7. The lowest BCUT2D eigenvalue weighted by molar-refractivity contribution is 0.0469. The lowest BCUT2D eigenvalue weighted by atomic mass is 10.1. The molecule has 1 N–H and O–H groups in total. The first-order chi connectivity index (χ1) is 16.4. The number of benzene rings is 2. The Balaban J connectivity index is 1.50. The number of hydrogen-bond acceptors (Lipinski definition) is 7. The van der Waals surface area contributed by atoms with E-state index in [0.29, 0.717) is 24.6 Å². The maximum Gasteiger partial charge on any atom is 0.203 e. The highest BCUT2D eigenvalue weighted by molar-refractivity contribution is 5.82. The molecule has 1 aliphatic rings. The minimum atomic E-state index is -0.568. The molecule has 0 bridgehead atoms. The fraction of sp³-hybridized carbons (Fsp3) is 0.519. The van der Waals surface area contributed by atoms with E-state index in [2.05, 4.69) is 41.8 Å². The Hall–Kier alpha value is -2.61. The summed E-state index contributed by atoms with van der Waals surface area (Å²) in [5, 5.41) is 10.5. The molecule has 1 atom stereocenters. The van der Waals surface area contributed by atoms with Gasteiger partial charge in [-0.25, -0.2) is 4.99 Å². The predicted molar refractivity (Wildman–Crippen MR) is 137 cm³/mol. The normalized spacial score (nSPS) is 16.5. The molecule has 1 unspecified atom stereocenters. The van der Waals surface area contributed by atoms with Crippen LogP contribution < -0.4 is 9.47 Å². The van der Waals surface area contributed by atoms with Crippen molar-refractivity contribution >= 4 is 11.6 Å². The maximum atomic E-state index is 10.5. The van der Waals surface area contributed by atoms with Crippen molar-refractivity contribution in [2.45, 2.75) is 39.9 Å². The summed E-state index contributed by atoms with van der Waals surface area (Å²) in [6.07, 6.45) is -0.496. The molecule has 7 heteroatoms. The van der Waals surface area contributed by atoms with E-state index < -0.39 is 6.10 Å². The number of ether oxygens (including phenoxy) is 3. The van der Waals surface area contributed by atoms with E-state index in [1.807, 2.05) is 38.1 Å². The van der Waals surface area contributed by atoms with Gasteiger partial charge in [-0.2, -0.15) is 0 Å². The summed E-state index contributed by atoms with van der Waals surface area (Å²) in [5.41, 5.74) is 3.30. The lowest BCUT2D eigenvalue weighted by Crippen LogP contribution is -2.50. The second-order valence-corrected chi connectivity index (χ2v) is 9.11. The van der Waals surface area contributed by atoms with E-state index in [0.717, 1.165) is 48.9 Å². The molecule has 3 rings (SSSR count). The van der Waals surface area contributed by atoms with E-state index in [9.17, 15) is 5.11 Å². The van der Waals surface area contributed by atoms with Gasteiger partial charge in [-0.1, -0.05) is 30.3 Å². The molecule has 0 aromatic heterocycles. The second-order valence-electron chi connectivity index (χ2n) is 9.11. The molecule has 0 aliphatic carbocycles. The third kappa shape index (κ3) is 7.72. The summed E-state index contributed by atoms with van der Waals surface area (Å²) >= 11 is 0. The zero-order valence-electron chi connectivity index (χ0n) is 21.2. The Bertz CT molecular complexity index is 919. The number of aliphatic hydroxyl groups is 1. The van der Waals surface area contributed by atoms with Gasteiger partial charge in [-0.15, -0.1) is 0 Å². The quantitative estimate of drug-likeness (QED) is 0.422. The van der Waals surface area contributed by atoms with Crippen molar-refractivity contribution in [2.24, 2.45) is 4.99 Å². The van der Waals surface area contributed by atoms with Gasteiger partial charge >= 0.3 is 0 Å². The number of aryl methyl sites for hydroxylation is 2. The van der Waals surface area contributed by atoms with Gasteiger partial charge in [-0.05, 0) is 51.0 Å². The zero-order chi connectivity index (χ0) is 24.5. The van der Waals surface area contributed by atoms with Gasteiger partial charge in [0.05, 0.1) is 25.4 Å². The minimum Gasteiger partial charge on any atom is -0.493 e. The van der Waals surface area contributed by atoms with E-state index >= 15 is 0 Å². The van der Waals surface area contributed by atoms with Gasteiger partial charge in [0.2, 0.25) is 5.90 Å². The molecule has 0 amide bonds. The SMILES string of the molecule is COc1ccccc1OCC(O)CN1CCN(CC(=Nc2c(C)cccc2C)OC(C)C)CC1. The smallest absolute Gasteiger partial charge is 0.203 e. The standard InChI is InChI=1S/C27H39N3O4/c1-20(2)34-26(28-27-21(3)9-8-10-22(27)4)18-30-15-13-29(14-16-30)17-23(31)19-33-25-12-7-6-11-24(25)32-5/h6-12,20,23,31H,13-19H2,1-5H3. The molecule has 0 saturated carbocycles. The minimum absolute atomic E-state index is 0.0720. The number of hydrogen-bond donors (Lipinski definition) is 1. The van der Waals surface area contributed by atoms with Gasteiger partial charge in [-0.3, -0.25) is 9.80 Å². The summed E-state index contributed by atoms with van der Waals surface area (Å²) in [6, 6.07) is 13.7. The van der Waals surface area contributed by atoms with E-state index in [1.165, 1.54) is 0 Å². The number of aliphatic imine (C=N–C) groups is 1. The van der Waals surface area contributed by atoms with Crippen LogP contribution in [0.15, 0.2) is 47.5 Å². The number of piperazine rings is 1. The van der Waals surface area contributed by atoms with Crippen LogP contribution in [0.1, 0.15) is 25.0 Å². The average molecular weight is 470 g/mol. The molecule has 1 saturated heterocycles. The van der Waals surface area contributed by atoms with E-state index in [-0.39, 0.29) is 12.7 Å². The highest BCUT2D eigenvalue weighted by atomic mass is 16.5. The molecule has 0 radical (unpaired) electrons. The molecule has 2 aromatic rings. The molecule has 0 spiro atoms. The Morgan fingerprint density at radius 2 is 1.56 bits per heavy atom. The fourth-order valence-electron chi connectivity index (χ4n) is 4.07. The molecule has 2 aromatic carbocycles. The summed E-state index contributed by atoms with van der Waals surface area (Å²) in [6.45, 7) is 13.3. The van der Waals surface area contributed by atoms with Crippen LogP contribution in [0.25, 0.3) is 0 Å². The van der Waals surface area contributed by atoms with Crippen molar-refractivity contribution in [1.29, 1.82) is 0 Å². The number of aliphatic hydroxyl groups excluding tert-OH is 1. The van der Waals surface area contributed by atoms with Gasteiger partial charge in [0.1, 0.15) is 12.7 Å². The first kappa shape index (κ1) is 26.0. The first-order valence-corrected chi connectivity index (χ1v) is 12.0. The first-order valence-electron chi connectivity index (χ1n) is 12.0. The van der Waals surface area contributed by atoms with Gasteiger partial charge < -0.3 is 19.3 Å². The fourth-order valence-corrected chi connectivity index (χ4v) is 4.07. The van der Waals surface area contributed by atoms with Crippen molar-refractivity contribution in [3.63, 3.8) is 0 Å². The van der Waals surface area contributed by atoms with Crippen LogP contribution in [0.5, 0.6) is 11.5 Å². The zero-order valence-corrected chi connectivity index (χ0v) is 21.2. The van der Waals surface area contributed by atoms with Crippen molar-refractivity contribution in [1.82, 2.24) is 9.80 Å². The number of para-hydroxylation sites is 3. The summed E-state index contributed by atoms with van der Waals surface area (Å²) in [7, 11) is 1.61. The molecular formula is C27H39N3O4. The molecule has 34 heavy (non-hydrogen) atoms. The van der Waals surface area contributed by atoms with Crippen molar-refractivity contribution in [3.8, 4) is 11.5 Å². The maximum absolute atomic E-state index is 10.5. The van der Waals surface area contributed by atoms with Gasteiger partial charge in [0, 0.05) is 32.7 Å². The third-order valence-corrected chi connectivity index (χ3v) is 5.84. The molecule has 1 fully saturated rings. The monoisotopic (exact) mass is 469 g/mol. The highest BCUT2D eigenvalue weighted by Gasteiger charge is 2.22. The van der Waals surface area contributed by atoms with Crippen LogP contribution in [-0.4, -0.2) is 86.0 Å². The van der Waals surface area contributed by atoms with Crippen LogP contribution in [0.2, 0.25) is 0 Å². The molecule has 7 nitrogen and oxygen atoms in total. The molecule has 1 aliphatic heterocycles. The Labute approximate surface area is 204 Å². The Morgan fingerprint density at radius 3 is 2.18 bits per heavy atom. The topological polar surface area (TPSA) is 66.8 Å². The summed E-state index contributed by atoms with van der Waals surface area (Å²) < 4.78 is 17.2. The largest absolute Gasteiger partial charge is 0.493 e. The van der Waals surface area contributed by atoms with Crippen LogP contribution in [0, 0.1) is 13.8 Å². The predicted octanol–water partition coefficient (Wildman–Crippen LogP) is 3.82. The van der Waals surface area contributed by atoms with Gasteiger partial charge in [0.25, 0.3) is 0 Å². The average Bonchev–Trinajstić information content (AvgIpc) is 2.81. The van der Waals surface area contributed by atoms with E-state index in [1.54, 1.807) is 7.11 Å². The van der Waals surface area contributed by atoms with Crippen LogP contribution in [0.4, 0.5) is 5.69 Å². The number of β-amino-alcohol motifs (C(OH)–C–C–N with tert-alkyl or cyclic N) is 1. The Kier molecular flexibility index (Phi) is 9.74. The van der Waals surface area contributed by atoms with Crippen LogP contribution in [-0.2, 0) is 4.74 Å². The third-order valence-electron chi connectivity index (χ3n) is 5.84. The lowest BCUT2D eigenvalue weighted by Gasteiger charge is -2.35. The van der Waals surface area contributed by atoms with Crippen molar-refractivity contribution in [2.75, 3.05) is 53.0 Å². The van der Waals surface area contributed by atoms with Crippen molar-refractivity contribution < 1.29 is 19.3 Å². The van der Waals surface area contributed by atoms with Crippen molar-refractivity contribution in [3.05, 3.63) is 53.6 Å². The molecule has 186 valence electrons. The van der Waals surface area contributed by atoms with Gasteiger partial charge in [0.15, 0.2) is 11.5 Å². The number of rotatable bonds is 10. The van der Waals surface area contributed by atoms with E-state index in [4.69, 9.17) is 19.2 Å². The molecule has 1 heterocycles. The van der Waals surface area contributed by atoms with Crippen LogP contribution in [0.3, 0.4) is 0 Å². The summed E-state index contributed by atoms with van der Waals surface area (Å²) in [5.74, 6) is 2.08. The highest BCUT2D eigenvalue weighted by Crippen LogP contribution is 2.26. The molecular weight excluding hydrogens is 430 g/mol. The number of methoxy groups -OCH3 is 1. The number of nitrogens with zero attached hydrogens (tertiary/aromatic N) is 3. The Morgan fingerprint density at radius 1 is 0.941 bits per heavy atom.